The summed E-state index contributed by atoms with van der Waals surface area (Å²) in [5.74, 6) is -0.483. The van der Waals surface area contributed by atoms with E-state index in [1.807, 2.05) is 6.07 Å². The third-order valence-electron chi connectivity index (χ3n) is 3.51. The Kier molecular flexibility index (Phi) is 3.91. The quantitative estimate of drug-likeness (QED) is 0.683. The van der Waals surface area contributed by atoms with Crippen molar-refractivity contribution in [3.63, 3.8) is 0 Å². The Hall–Kier alpha value is -2.13. The maximum atomic E-state index is 12.2. The minimum atomic E-state index is -1.08. The number of benzene rings is 1. The molecule has 1 fully saturated rings. The van der Waals surface area contributed by atoms with E-state index in [4.69, 9.17) is 11.6 Å². The summed E-state index contributed by atoms with van der Waals surface area (Å²) in [6.45, 7) is 0. The summed E-state index contributed by atoms with van der Waals surface area (Å²) in [4.78, 5) is 22.6. The summed E-state index contributed by atoms with van der Waals surface area (Å²) in [6.07, 6.45) is 2.58. The van der Waals surface area contributed by atoms with E-state index in [9.17, 15) is 20.2 Å². The van der Waals surface area contributed by atoms with Crippen LogP contribution in [0, 0.1) is 26.9 Å². The molecule has 7 heteroatoms. The Balaban J connectivity index is 2.29. The number of nitro groups is 1. The molecule has 0 heterocycles. The van der Waals surface area contributed by atoms with Gasteiger partial charge in [0.25, 0.3) is 5.69 Å². The van der Waals surface area contributed by atoms with Crippen LogP contribution >= 0.6 is 11.6 Å². The van der Waals surface area contributed by atoms with Crippen molar-refractivity contribution in [3.8, 4) is 6.07 Å². The summed E-state index contributed by atoms with van der Waals surface area (Å²) in [5, 5.41) is 22.9. The van der Waals surface area contributed by atoms with Gasteiger partial charge >= 0.3 is 0 Å². The molecule has 0 radical (unpaired) electrons. The monoisotopic (exact) mass is 293 g/mol. The summed E-state index contributed by atoms with van der Waals surface area (Å²) in [6, 6.07) is 6.05. The molecule has 20 heavy (non-hydrogen) atoms. The van der Waals surface area contributed by atoms with Crippen molar-refractivity contribution in [1.29, 1.82) is 5.26 Å². The number of hydrogen-bond donors (Lipinski definition) is 1. The molecule has 0 aromatic heterocycles. The number of rotatable bonds is 3. The second-order valence-electron chi connectivity index (χ2n) is 4.77. The van der Waals surface area contributed by atoms with Crippen LogP contribution in [0.2, 0.25) is 5.02 Å². The van der Waals surface area contributed by atoms with Gasteiger partial charge in [-0.25, -0.2) is 0 Å². The summed E-state index contributed by atoms with van der Waals surface area (Å²) >= 11 is 5.71. The zero-order valence-corrected chi connectivity index (χ0v) is 11.3. The largest absolute Gasteiger partial charge is 0.319 e. The highest BCUT2D eigenvalue weighted by Crippen LogP contribution is 2.39. The van der Waals surface area contributed by atoms with Crippen LogP contribution in [0.25, 0.3) is 0 Å². The number of nitriles is 1. The second-order valence-corrected chi connectivity index (χ2v) is 5.21. The Morgan fingerprint density at radius 3 is 2.65 bits per heavy atom. The van der Waals surface area contributed by atoms with Gasteiger partial charge in [-0.05, 0) is 25.0 Å². The zero-order chi connectivity index (χ0) is 14.8. The Bertz CT molecular complexity index is 603. The first-order valence-electron chi connectivity index (χ1n) is 6.15. The molecule has 0 aliphatic heterocycles. The maximum Gasteiger partial charge on any atom is 0.294 e. The van der Waals surface area contributed by atoms with Gasteiger partial charge in [-0.3, -0.25) is 14.9 Å². The predicted octanol–water partition coefficient (Wildman–Crippen LogP) is 3.27. The normalized spacial score (nSPS) is 16.4. The fourth-order valence-corrected chi connectivity index (χ4v) is 2.54. The molecule has 1 aliphatic carbocycles. The van der Waals surface area contributed by atoms with E-state index in [0.29, 0.717) is 12.8 Å². The van der Waals surface area contributed by atoms with Gasteiger partial charge in [-0.2, -0.15) is 5.26 Å². The molecule has 104 valence electrons. The lowest BCUT2D eigenvalue weighted by Crippen LogP contribution is -2.32. The van der Waals surface area contributed by atoms with Gasteiger partial charge in [0.05, 0.1) is 11.0 Å². The minimum absolute atomic E-state index is 0.0610. The highest BCUT2D eigenvalue weighted by atomic mass is 35.5. The van der Waals surface area contributed by atoms with Crippen LogP contribution in [-0.2, 0) is 4.79 Å². The van der Waals surface area contributed by atoms with Gasteiger partial charge in [0.1, 0.15) is 11.1 Å². The highest BCUT2D eigenvalue weighted by molar-refractivity contribution is 6.31. The topological polar surface area (TPSA) is 96.0 Å². The molecule has 1 N–H and O–H groups in total. The third-order valence-corrected chi connectivity index (χ3v) is 3.75. The lowest BCUT2D eigenvalue weighted by atomic mass is 9.87. The molecule has 1 aromatic carbocycles. The van der Waals surface area contributed by atoms with Gasteiger partial charge in [0, 0.05) is 11.1 Å². The van der Waals surface area contributed by atoms with Crippen molar-refractivity contribution in [1.82, 2.24) is 0 Å². The van der Waals surface area contributed by atoms with Crippen molar-refractivity contribution in [2.75, 3.05) is 5.32 Å². The second kappa shape index (κ2) is 5.47. The smallest absolute Gasteiger partial charge is 0.294 e. The number of carbonyl (C=O) groups is 1. The van der Waals surface area contributed by atoms with Crippen molar-refractivity contribution in [2.24, 2.45) is 5.41 Å². The first kappa shape index (κ1) is 14.3. The fourth-order valence-electron chi connectivity index (χ4n) is 2.37. The van der Waals surface area contributed by atoms with Gasteiger partial charge in [0.2, 0.25) is 5.91 Å². The van der Waals surface area contributed by atoms with Crippen LogP contribution < -0.4 is 5.32 Å². The van der Waals surface area contributed by atoms with E-state index in [0.717, 1.165) is 12.8 Å². The lowest BCUT2D eigenvalue weighted by molar-refractivity contribution is -0.383. The molecular weight excluding hydrogens is 282 g/mol. The molecule has 1 aromatic rings. The number of hydrogen-bond acceptors (Lipinski definition) is 4. The molecule has 1 saturated carbocycles. The predicted molar refractivity (Wildman–Crippen MR) is 73.3 cm³/mol. The molecule has 0 saturated heterocycles. The van der Waals surface area contributed by atoms with Gasteiger partial charge in [-0.15, -0.1) is 0 Å². The van der Waals surface area contributed by atoms with E-state index in [1.54, 1.807) is 0 Å². The zero-order valence-electron chi connectivity index (χ0n) is 10.6. The number of halogens is 1. The van der Waals surface area contributed by atoms with Crippen LogP contribution in [0.3, 0.4) is 0 Å². The number of carbonyl (C=O) groups excluding carboxylic acids is 1. The minimum Gasteiger partial charge on any atom is -0.319 e. The number of nitrogens with one attached hydrogen (secondary N) is 1. The third kappa shape index (κ3) is 2.58. The molecule has 2 rings (SSSR count). The lowest BCUT2D eigenvalue weighted by Gasteiger charge is -2.19. The van der Waals surface area contributed by atoms with E-state index in [-0.39, 0.29) is 16.4 Å². The van der Waals surface area contributed by atoms with Crippen molar-refractivity contribution in [2.45, 2.75) is 25.7 Å². The van der Waals surface area contributed by atoms with Crippen molar-refractivity contribution < 1.29 is 9.72 Å². The summed E-state index contributed by atoms with van der Waals surface area (Å²) in [5.41, 5.74) is -1.30. The maximum absolute atomic E-state index is 12.2. The van der Waals surface area contributed by atoms with Gasteiger partial charge in [0.15, 0.2) is 0 Å². The highest BCUT2D eigenvalue weighted by Gasteiger charge is 2.42. The molecule has 1 amide bonds. The molecular formula is C13H12ClN3O3. The standard InChI is InChI=1S/C13H12ClN3O3/c14-9-3-4-10(11(7-9)17(19)20)16-12(18)13(8-15)5-1-2-6-13/h3-4,7H,1-2,5-6H2,(H,16,18). The van der Waals surface area contributed by atoms with Gasteiger partial charge in [-0.1, -0.05) is 24.4 Å². The number of anilines is 1. The summed E-state index contributed by atoms with van der Waals surface area (Å²) in [7, 11) is 0. The molecule has 6 nitrogen and oxygen atoms in total. The first-order valence-corrected chi connectivity index (χ1v) is 6.53. The average Bonchev–Trinajstić information content (AvgIpc) is 2.90. The van der Waals surface area contributed by atoms with Crippen LogP contribution in [-0.4, -0.2) is 10.8 Å². The number of amides is 1. The van der Waals surface area contributed by atoms with Crippen LogP contribution in [0.1, 0.15) is 25.7 Å². The Morgan fingerprint density at radius 2 is 2.10 bits per heavy atom. The number of nitrogens with zero attached hydrogens (tertiary/aromatic N) is 2. The van der Waals surface area contributed by atoms with E-state index in [2.05, 4.69) is 5.32 Å². The first-order chi connectivity index (χ1) is 9.48. The molecule has 0 spiro atoms. The van der Waals surface area contributed by atoms with Crippen LogP contribution in [0.5, 0.6) is 0 Å². The molecule has 0 bridgehead atoms. The van der Waals surface area contributed by atoms with Crippen molar-refractivity contribution >= 4 is 28.9 Å². The molecule has 0 unspecified atom stereocenters. The molecule has 1 aliphatic rings. The fraction of sp³-hybridized carbons (Fsp3) is 0.385. The summed E-state index contributed by atoms with van der Waals surface area (Å²) < 4.78 is 0. The van der Waals surface area contributed by atoms with Crippen LogP contribution in [0.4, 0.5) is 11.4 Å². The van der Waals surface area contributed by atoms with E-state index < -0.39 is 16.2 Å². The van der Waals surface area contributed by atoms with E-state index in [1.165, 1.54) is 18.2 Å². The SMILES string of the molecule is N#CC1(C(=O)Nc2ccc(Cl)cc2[N+](=O)[O-])CCCC1. The van der Waals surface area contributed by atoms with Crippen molar-refractivity contribution in [3.05, 3.63) is 33.3 Å². The Morgan fingerprint density at radius 1 is 1.45 bits per heavy atom. The van der Waals surface area contributed by atoms with E-state index >= 15 is 0 Å². The van der Waals surface area contributed by atoms with Crippen LogP contribution in [0.15, 0.2) is 18.2 Å². The average molecular weight is 294 g/mol. The van der Waals surface area contributed by atoms with Gasteiger partial charge < -0.3 is 5.32 Å². The molecule has 0 atom stereocenters. The number of nitro benzene ring substituents is 1. The Labute approximate surface area is 120 Å².